The first kappa shape index (κ1) is 28.5. The van der Waals surface area contributed by atoms with Crippen molar-refractivity contribution >= 4 is 41.0 Å². The Bertz CT molecular complexity index is 1500. The van der Waals surface area contributed by atoms with Crippen molar-refractivity contribution < 1.29 is 23.6 Å². The molecule has 0 fully saturated rings. The van der Waals surface area contributed by atoms with Gasteiger partial charge in [0.2, 0.25) is 7.29 Å². The van der Waals surface area contributed by atoms with Gasteiger partial charge in [-0.1, -0.05) is 36.4 Å². The highest BCUT2D eigenvalue weighted by molar-refractivity contribution is 7.61. The van der Waals surface area contributed by atoms with E-state index >= 15 is 0 Å². The van der Waals surface area contributed by atoms with Crippen LogP contribution in [0.2, 0.25) is 0 Å². The lowest BCUT2D eigenvalue weighted by atomic mass is 10.1. The van der Waals surface area contributed by atoms with Crippen LogP contribution in [0.1, 0.15) is 34.6 Å². The number of carbonyl (C=O) groups excluding carboxylic acids is 1. The van der Waals surface area contributed by atoms with Crippen LogP contribution in [0.25, 0.3) is 21.9 Å². The van der Waals surface area contributed by atoms with Crippen molar-refractivity contribution in [3.05, 3.63) is 55.1 Å². The zero-order chi connectivity index (χ0) is 28.2. The van der Waals surface area contributed by atoms with E-state index in [9.17, 15) is 9.36 Å². The lowest BCUT2D eigenvalue weighted by Gasteiger charge is -2.31. The molecule has 0 aliphatic carbocycles. The molecule has 0 spiro atoms. The number of nitrogens with two attached hydrogens (primary N) is 1. The standard InChI is InChI=1S/C27H35N6O5P/c1-18(2)38-26(34)27(4,5)32-39(35,17-37-22-12-8-10-20-9-6-7-11-21(20)22)16-36-19(3)13-33-15-31-23-24(28)29-14-30-25(23)33/h6-12,14-15,18-19H,13,16-17H2,1-5H3,(H,32,35)(H2,28,29,30)/t19-,39+/m1/s1. The molecular weight excluding hydrogens is 519 g/mol. The second-order valence-electron chi connectivity index (χ2n) is 10.3. The number of aromatic nitrogens is 4. The molecule has 0 amide bonds. The molecule has 2 heterocycles. The molecule has 208 valence electrons. The van der Waals surface area contributed by atoms with Gasteiger partial charge in [0, 0.05) is 5.39 Å². The molecule has 3 N–H and O–H groups in total. The fourth-order valence-corrected chi connectivity index (χ4v) is 6.28. The van der Waals surface area contributed by atoms with Crippen LogP contribution < -0.4 is 15.6 Å². The first-order valence-electron chi connectivity index (χ1n) is 12.7. The number of anilines is 1. The quantitative estimate of drug-likeness (QED) is 0.189. The fraction of sp³-hybridized carbons (Fsp3) is 0.407. The van der Waals surface area contributed by atoms with Gasteiger partial charge >= 0.3 is 5.97 Å². The van der Waals surface area contributed by atoms with E-state index in [0.717, 1.165) is 10.8 Å². The molecule has 2 aromatic carbocycles. The molecule has 0 aliphatic heterocycles. The molecule has 0 saturated heterocycles. The SMILES string of the molecule is CC(C)OC(=O)C(C)(C)N[P@@](=O)(COc1cccc2ccccc12)CO[C@H](C)Cn1cnc2c(N)ncnc21. The summed E-state index contributed by atoms with van der Waals surface area (Å²) >= 11 is 0. The first-order valence-corrected chi connectivity index (χ1v) is 14.8. The number of carbonyl (C=O) groups is 1. The van der Waals surface area contributed by atoms with Crippen LogP contribution in [0.15, 0.2) is 55.1 Å². The summed E-state index contributed by atoms with van der Waals surface area (Å²) in [5.74, 6) is 0.369. The van der Waals surface area contributed by atoms with Gasteiger partial charge < -0.3 is 29.1 Å². The molecule has 2 atom stereocenters. The van der Waals surface area contributed by atoms with E-state index in [2.05, 4.69) is 20.0 Å². The molecule has 0 bridgehead atoms. The summed E-state index contributed by atoms with van der Waals surface area (Å²) in [5, 5.41) is 4.92. The molecule has 0 saturated carbocycles. The molecule has 11 nitrogen and oxygen atoms in total. The van der Waals surface area contributed by atoms with Crippen LogP contribution in [0.4, 0.5) is 5.82 Å². The molecule has 4 aromatic rings. The predicted molar refractivity (Wildman–Crippen MR) is 151 cm³/mol. The van der Waals surface area contributed by atoms with Gasteiger partial charge in [0.15, 0.2) is 17.8 Å². The number of hydrogen-bond acceptors (Lipinski definition) is 9. The Labute approximate surface area is 227 Å². The molecule has 0 radical (unpaired) electrons. The van der Waals surface area contributed by atoms with Crippen molar-refractivity contribution in [2.45, 2.75) is 58.9 Å². The van der Waals surface area contributed by atoms with E-state index in [1.165, 1.54) is 6.33 Å². The summed E-state index contributed by atoms with van der Waals surface area (Å²) in [6.45, 7) is 9.03. The van der Waals surface area contributed by atoms with Crippen LogP contribution in [-0.4, -0.2) is 55.9 Å². The van der Waals surface area contributed by atoms with Gasteiger partial charge in [0.1, 0.15) is 29.5 Å². The number of benzene rings is 2. The molecule has 2 aromatic heterocycles. The average Bonchev–Trinajstić information content (AvgIpc) is 3.29. The van der Waals surface area contributed by atoms with E-state index < -0.39 is 18.8 Å². The lowest BCUT2D eigenvalue weighted by molar-refractivity contribution is -0.153. The number of nitrogens with zero attached hydrogens (tertiary/aromatic N) is 4. The summed E-state index contributed by atoms with van der Waals surface area (Å²) in [7, 11) is -3.45. The minimum atomic E-state index is -3.45. The third kappa shape index (κ3) is 6.92. The van der Waals surface area contributed by atoms with Crippen LogP contribution in [0.5, 0.6) is 5.75 Å². The summed E-state index contributed by atoms with van der Waals surface area (Å²) in [6, 6.07) is 13.5. The van der Waals surface area contributed by atoms with Crippen molar-refractivity contribution in [2.24, 2.45) is 0 Å². The van der Waals surface area contributed by atoms with Crippen molar-refractivity contribution in [2.75, 3.05) is 18.4 Å². The average molecular weight is 555 g/mol. The van der Waals surface area contributed by atoms with Crippen LogP contribution >= 0.6 is 7.29 Å². The van der Waals surface area contributed by atoms with E-state index in [1.54, 1.807) is 38.6 Å². The highest BCUT2D eigenvalue weighted by Crippen LogP contribution is 2.44. The second-order valence-corrected chi connectivity index (χ2v) is 12.8. The van der Waals surface area contributed by atoms with Crippen molar-refractivity contribution in [3.8, 4) is 5.75 Å². The summed E-state index contributed by atoms with van der Waals surface area (Å²) in [6.07, 6.45) is 1.93. The Morgan fingerprint density at radius 3 is 2.59 bits per heavy atom. The van der Waals surface area contributed by atoms with Crippen LogP contribution in [-0.2, 0) is 25.4 Å². The topological polar surface area (TPSA) is 143 Å². The lowest BCUT2D eigenvalue weighted by Crippen LogP contribution is -2.48. The highest BCUT2D eigenvalue weighted by Gasteiger charge is 2.38. The number of ether oxygens (including phenoxy) is 3. The number of esters is 1. The number of imidazole rings is 1. The number of hydrogen-bond donors (Lipinski definition) is 2. The number of nitrogens with one attached hydrogen (secondary N) is 1. The van der Waals surface area contributed by atoms with Crippen molar-refractivity contribution in [1.29, 1.82) is 0 Å². The molecule has 4 rings (SSSR count). The van der Waals surface area contributed by atoms with E-state index in [1.807, 2.05) is 49.4 Å². The smallest absolute Gasteiger partial charge is 0.326 e. The molecule has 0 unspecified atom stereocenters. The molecular formula is C27H35N6O5P. The van der Waals surface area contributed by atoms with Crippen molar-refractivity contribution in [3.63, 3.8) is 0 Å². The Morgan fingerprint density at radius 1 is 1.08 bits per heavy atom. The molecule has 0 aliphatic rings. The van der Waals surface area contributed by atoms with Gasteiger partial charge in [0.25, 0.3) is 0 Å². The van der Waals surface area contributed by atoms with E-state index in [0.29, 0.717) is 29.3 Å². The van der Waals surface area contributed by atoms with Gasteiger partial charge in [-0.15, -0.1) is 0 Å². The number of nitrogen functional groups attached to an aromatic ring is 1. The summed E-state index contributed by atoms with van der Waals surface area (Å²) < 4.78 is 33.6. The van der Waals surface area contributed by atoms with Gasteiger partial charge in [0.05, 0.1) is 25.1 Å². The number of rotatable bonds is 12. The largest absolute Gasteiger partial charge is 0.484 e. The zero-order valence-electron chi connectivity index (χ0n) is 22.8. The maximum absolute atomic E-state index is 14.3. The minimum absolute atomic E-state index is 0.179. The van der Waals surface area contributed by atoms with E-state index in [-0.39, 0.29) is 24.9 Å². The predicted octanol–water partition coefficient (Wildman–Crippen LogP) is 4.56. The Balaban J connectivity index is 1.51. The third-order valence-corrected chi connectivity index (χ3v) is 8.04. The Morgan fingerprint density at radius 2 is 1.82 bits per heavy atom. The van der Waals surface area contributed by atoms with Crippen molar-refractivity contribution in [1.82, 2.24) is 24.6 Å². The second kappa shape index (κ2) is 11.7. The normalized spacial score (nSPS) is 14.4. The Kier molecular flexibility index (Phi) is 8.54. The van der Waals surface area contributed by atoms with Crippen LogP contribution in [0, 0.1) is 0 Å². The first-order chi connectivity index (χ1) is 18.5. The van der Waals surface area contributed by atoms with Gasteiger partial charge in [-0.3, -0.25) is 4.79 Å². The fourth-order valence-electron chi connectivity index (χ4n) is 4.12. The minimum Gasteiger partial charge on any atom is -0.484 e. The van der Waals surface area contributed by atoms with E-state index in [4.69, 9.17) is 19.9 Å². The third-order valence-electron chi connectivity index (χ3n) is 5.97. The Hall–Kier alpha value is -3.53. The molecule has 39 heavy (non-hydrogen) atoms. The monoisotopic (exact) mass is 554 g/mol. The maximum atomic E-state index is 14.3. The van der Waals surface area contributed by atoms with Gasteiger partial charge in [-0.25, -0.2) is 20.0 Å². The van der Waals surface area contributed by atoms with Gasteiger partial charge in [-0.05, 0) is 46.1 Å². The summed E-state index contributed by atoms with van der Waals surface area (Å²) in [5.41, 5.74) is 5.73. The van der Waals surface area contributed by atoms with Gasteiger partial charge in [-0.2, -0.15) is 0 Å². The molecule has 12 heteroatoms. The zero-order valence-corrected chi connectivity index (χ0v) is 23.7. The van der Waals surface area contributed by atoms with Crippen LogP contribution in [0.3, 0.4) is 0 Å². The number of fused-ring (bicyclic) bond motifs is 2. The maximum Gasteiger partial charge on any atom is 0.326 e. The summed E-state index contributed by atoms with van der Waals surface area (Å²) in [4.78, 5) is 25.3. The highest BCUT2D eigenvalue weighted by atomic mass is 31.2.